The van der Waals surface area contributed by atoms with Crippen molar-refractivity contribution in [2.24, 2.45) is 0 Å². The van der Waals surface area contributed by atoms with Crippen LogP contribution in [0.4, 0.5) is 10.1 Å². The molecule has 0 fully saturated rings. The van der Waals surface area contributed by atoms with E-state index in [1.807, 2.05) is 0 Å². The lowest BCUT2D eigenvalue weighted by Crippen LogP contribution is -2.16. The molecule has 0 aliphatic rings. The highest BCUT2D eigenvalue weighted by Gasteiger charge is 2.14. The second-order valence-corrected chi connectivity index (χ2v) is 5.88. The molecule has 0 atom stereocenters. The molecular weight excluding hydrogens is 279 g/mol. The van der Waals surface area contributed by atoms with E-state index in [4.69, 9.17) is 5.26 Å². The Labute approximate surface area is 116 Å². The molecule has 0 spiro atoms. The number of halogens is 1. The van der Waals surface area contributed by atoms with E-state index in [1.165, 1.54) is 12.1 Å². The Kier molecular flexibility index (Phi) is 4.01. The number of rotatable bonds is 4. The van der Waals surface area contributed by atoms with Gasteiger partial charge in [-0.05, 0) is 23.8 Å². The first-order valence-electron chi connectivity index (χ1n) is 5.74. The maximum atomic E-state index is 13.6. The Hall–Kier alpha value is -2.39. The normalized spacial score (nSPS) is 10.8. The van der Waals surface area contributed by atoms with E-state index >= 15 is 0 Å². The second kappa shape index (κ2) is 5.72. The number of nitrogens with zero attached hydrogens (tertiary/aromatic N) is 1. The molecular formula is C14H11FN2O2S. The second-order valence-electron chi connectivity index (χ2n) is 4.15. The quantitative estimate of drug-likeness (QED) is 0.941. The zero-order chi connectivity index (χ0) is 14.6. The minimum atomic E-state index is -3.70. The molecule has 0 aromatic heterocycles. The molecule has 0 saturated carbocycles. The first-order valence-corrected chi connectivity index (χ1v) is 7.39. The van der Waals surface area contributed by atoms with Crippen molar-refractivity contribution < 1.29 is 12.8 Å². The van der Waals surface area contributed by atoms with Gasteiger partial charge in [-0.15, -0.1) is 0 Å². The summed E-state index contributed by atoms with van der Waals surface area (Å²) >= 11 is 0. The highest BCUT2D eigenvalue weighted by Crippen LogP contribution is 2.18. The van der Waals surface area contributed by atoms with Crippen LogP contribution in [0.2, 0.25) is 0 Å². The highest BCUT2D eigenvalue weighted by atomic mass is 32.2. The molecule has 0 unspecified atom stereocenters. The van der Waals surface area contributed by atoms with Crippen LogP contribution in [-0.4, -0.2) is 8.42 Å². The van der Waals surface area contributed by atoms with Crippen molar-refractivity contribution in [2.75, 3.05) is 4.72 Å². The number of hydrogen-bond acceptors (Lipinski definition) is 3. The highest BCUT2D eigenvalue weighted by molar-refractivity contribution is 7.91. The van der Waals surface area contributed by atoms with Crippen LogP contribution in [0.1, 0.15) is 11.1 Å². The van der Waals surface area contributed by atoms with Gasteiger partial charge in [-0.25, -0.2) is 12.8 Å². The van der Waals surface area contributed by atoms with E-state index in [9.17, 15) is 12.8 Å². The van der Waals surface area contributed by atoms with Crippen LogP contribution in [0, 0.1) is 17.1 Å². The largest absolute Gasteiger partial charge is 0.280 e. The van der Waals surface area contributed by atoms with Crippen molar-refractivity contribution in [2.45, 2.75) is 5.75 Å². The molecule has 0 radical (unpaired) electrons. The third kappa shape index (κ3) is 3.56. The number of sulfonamides is 1. The maximum absolute atomic E-state index is 13.6. The maximum Gasteiger partial charge on any atom is 0.237 e. The summed E-state index contributed by atoms with van der Waals surface area (Å²) in [4.78, 5) is 0. The zero-order valence-corrected chi connectivity index (χ0v) is 11.2. The molecule has 2 rings (SSSR count). The summed E-state index contributed by atoms with van der Waals surface area (Å²) in [5, 5.41) is 8.63. The van der Waals surface area contributed by atoms with Crippen LogP contribution in [-0.2, 0) is 15.8 Å². The number of benzene rings is 2. The third-order valence-electron chi connectivity index (χ3n) is 2.56. The van der Waals surface area contributed by atoms with Crippen molar-refractivity contribution >= 4 is 15.7 Å². The standard InChI is InChI=1S/C14H11FN2O2S/c15-13-8-12(9-16)6-7-14(13)17-20(18,19)10-11-4-2-1-3-5-11/h1-8,17H,10H2. The Morgan fingerprint density at radius 2 is 1.85 bits per heavy atom. The molecule has 0 aliphatic heterocycles. The number of hydrogen-bond donors (Lipinski definition) is 1. The van der Waals surface area contributed by atoms with E-state index < -0.39 is 15.8 Å². The average molecular weight is 290 g/mol. The van der Waals surface area contributed by atoms with Crippen molar-refractivity contribution in [3.63, 3.8) is 0 Å². The zero-order valence-electron chi connectivity index (χ0n) is 10.4. The molecule has 0 heterocycles. The first kappa shape index (κ1) is 14.0. The SMILES string of the molecule is N#Cc1ccc(NS(=O)(=O)Cc2ccccc2)c(F)c1. The predicted molar refractivity (Wildman–Crippen MR) is 73.8 cm³/mol. The van der Waals surface area contributed by atoms with E-state index in [1.54, 1.807) is 36.4 Å². The minimum Gasteiger partial charge on any atom is -0.280 e. The van der Waals surface area contributed by atoms with Crippen LogP contribution < -0.4 is 4.72 Å². The van der Waals surface area contributed by atoms with Crippen molar-refractivity contribution in [3.05, 3.63) is 65.5 Å². The minimum absolute atomic E-state index is 0.133. The fourth-order valence-electron chi connectivity index (χ4n) is 1.66. The number of nitrogens with one attached hydrogen (secondary N) is 1. The Morgan fingerprint density at radius 1 is 1.15 bits per heavy atom. The van der Waals surface area contributed by atoms with Gasteiger partial charge in [-0.1, -0.05) is 30.3 Å². The van der Waals surface area contributed by atoms with Gasteiger partial charge in [-0.3, -0.25) is 4.72 Å². The molecule has 1 N–H and O–H groups in total. The van der Waals surface area contributed by atoms with Crippen LogP contribution in [0.5, 0.6) is 0 Å². The molecule has 2 aromatic carbocycles. The molecule has 6 heteroatoms. The van der Waals surface area contributed by atoms with Gasteiger partial charge in [-0.2, -0.15) is 5.26 Å². The van der Waals surface area contributed by atoms with E-state index in [0.717, 1.165) is 6.07 Å². The molecule has 0 saturated heterocycles. The molecule has 0 aliphatic carbocycles. The van der Waals surface area contributed by atoms with Gasteiger partial charge in [0.1, 0.15) is 5.82 Å². The summed E-state index contributed by atoms with van der Waals surface area (Å²) in [7, 11) is -3.70. The molecule has 0 amide bonds. The van der Waals surface area contributed by atoms with Crippen LogP contribution in [0.15, 0.2) is 48.5 Å². The van der Waals surface area contributed by atoms with Gasteiger partial charge in [0.25, 0.3) is 0 Å². The fraction of sp³-hybridized carbons (Fsp3) is 0.0714. The van der Waals surface area contributed by atoms with E-state index in [0.29, 0.717) is 5.56 Å². The molecule has 4 nitrogen and oxygen atoms in total. The van der Waals surface area contributed by atoms with Gasteiger partial charge in [0, 0.05) is 0 Å². The van der Waals surface area contributed by atoms with Gasteiger partial charge < -0.3 is 0 Å². The fourth-order valence-corrected chi connectivity index (χ4v) is 2.87. The lowest BCUT2D eigenvalue weighted by molar-refractivity contribution is 0.598. The first-order chi connectivity index (χ1) is 9.50. The van der Waals surface area contributed by atoms with E-state index in [-0.39, 0.29) is 17.0 Å². The smallest absolute Gasteiger partial charge is 0.237 e. The van der Waals surface area contributed by atoms with Crippen molar-refractivity contribution in [1.29, 1.82) is 5.26 Å². The summed E-state index contributed by atoms with van der Waals surface area (Å²) < 4.78 is 39.7. The third-order valence-corrected chi connectivity index (χ3v) is 3.81. The molecule has 0 bridgehead atoms. The lowest BCUT2D eigenvalue weighted by atomic mass is 10.2. The van der Waals surface area contributed by atoms with Crippen LogP contribution in [0.3, 0.4) is 0 Å². The van der Waals surface area contributed by atoms with Gasteiger partial charge in [0.05, 0.1) is 23.1 Å². The Morgan fingerprint density at radius 3 is 2.45 bits per heavy atom. The molecule has 2 aromatic rings. The topological polar surface area (TPSA) is 70.0 Å². The van der Waals surface area contributed by atoms with Crippen LogP contribution >= 0.6 is 0 Å². The van der Waals surface area contributed by atoms with Crippen LogP contribution in [0.25, 0.3) is 0 Å². The molecule has 20 heavy (non-hydrogen) atoms. The van der Waals surface area contributed by atoms with E-state index in [2.05, 4.69) is 4.72 Å². The summed E-state index contributed by atoms with van der Waals surface area (Å²) in [6, 6.07) is 13.9. The predicted octanol–water partition coefficient (Wildman–Crippen LogP) is 2.64. The summed E-state index contributed by atoms with van der Waals surface area (Å²) in [6.45, 7) is 0. The number of anilines is 1. The van der Waals surface area contributed by atoms with Crippen molar-refractivity contribution in [3.8, 4) is 6.07 Å². The summed E-state index contributed by atoms with van der Waals surface area (Å²) in [6.07, 6.45) is 0. The lowest BCUT2D eigenvalue weighted by Gasteiger charge is -2.09. The summed E-state index contributed by atoms with van der Waals surface area (Å²) in [5.74, 6) is -1.02. The summed E-state index contributed by atoms with van der Waals surface area (Å²) in [5.41, 5.74) is 0.572. The van der Waals surface area contributed by atoms with Gasteiger partial charge in [0.2, 0.25) is 10.0 Å². The van der Waals surface area contributed by atoms with Gasteiger partial charge >= 0.3 is 0 Å². The Balaban J connectivity index is 2.19. The number of nitriles is 1. The Bertz CT molecular complexity index is 752. The molecule has 102 valence electrons. The monoisotopic (exact) mass is 290 g/mol. The average Bonchev–Trinajstić information content (AvgIpc) is 2.41. The van der Waals surface area contributed by atoms with Gasteiger partial charge in [0.15, 0.2) is 0 Å². The van der Waals surface area contributed by atoms with Crippen molar-refractivity contribution in [1.82, 2.24) is 0 Å².